The molecule has 0 spiro atoms. The Morgan fingerprint density at radius 3 is 2.93 bits per heavy atom. The molecule has 0 aliphatic heterocycles. The van der Waals surface area contributed by atoms with Gasteiger partial charge in [0.1, 0.15) is 0 Å². The number of aliphatic hydroxyl groups excluding tert-OH is 1. The van der Waals surface area contributed by atoms with E-state index in [-0.39, 0.29) is 0 Å². The highest BCUT2D eigenvalue weighted by atomic mass is 16.5. The predicted octanol–water partition coefficient (Wildman–Crippen LogP) is 1.55. The lowest BCUT2D eigenvalue weighted by Gasteiger charge is -2.18. The maximum absolute atomic E-state index is 9.14. The minimum atomic E-state index is 0.328. The van der Waals surface area contributed by atoms with E-state index in [2.05, 4.69) is 12.2 Å². The summed E-state index contributed by atoms with van der Waals surface area (Å²) in [6.07, 6.45) is 5.98. The van der Waals surface area contributed by atoms with Gasteiger partial charge in [-0.1, -0.05) is 19.8 Å². The van der Waals surface area contributed by atoms with Crippen molar-refractivity contribution in [3.05, 3.63) is 0 Å². The molecule has 1 aliphatic rings. The van der Waals surface area contributed by atoms with Crippen LogP contribution in [0.1, 0.15) is 39.0 Å². The minimum absolute atomic E-state index is 0.328. The number of hydrogen-bond donors (Lipinski definition) is 2. The van der Waals surface area contributed by atoms with Gasteiger partial charge in [0.05, 0.1) is 6.61 Å². The molecule has 2 atom stereocenters. The van der Waals surface area contributed by atoms with Crippen molar-refractivity contribution in [1.29, 1.82) is 0 Å². The molecule has 15 heavy (non-hydrogen) atoms. The zero-order chi connectivity index (χ0) is 10.9. The summed E-state index contributed by atoms with van der Waals surface area (Å²) in [5.41, 5.74) is 0. The fourth-order valence-corrected chi connectivity index (χ4v) is 2.19. The van der Waals surface area contributed by atoms with Gasteiger partial charge in [0, 0.05) is 25.8 Å². The molecule has 2 N–H and O–H groups in total. The Balaban J connectivity index is 1.95. The third kappa shape index (κ3) is 4.96. The first-order valence-electron chi connectivity index (χ1n) is 6.30. The Labute approximate surface area is 93.2 Å². The molecular weight excluding hydrogens is 190 g/mol. The summed E-state index contributed by atoms with van der Waals surface area (Å²) in [4.78, 5) is 0. The molecule has 0 amide bonds. The van der Waals surface area contributed by atoms with E-state index in [0.29, 0.717) is 18.6 Å². The van der Waals surface area contributed by atoms with Crippen molar-refractivity contribution >= 4 is 0 Å². The van der Waals surface area contributed by atoms with Gasteiger partial charge in [-0.15, -0.1) is 0 Å². The monoisotopic (exact) mass is 215 g/mol. The Hall–Kier alpha value is -0.120. The van der Waals surface area contributed by atoms with Gasteiger partial charge < -0.3 is 15.2 Å². The average Bonchev–Trinajstić information content (AvgIpc) is 2.70. The highest BCUT2D eigenvalue weighted by Gasteiger charge is 2.25. The zero-order valence-electron chi connectivity index (χ0n) is 9.87. The van der Waals surface area contributed by atoms with Gasteiger partial charge >= 0.3 is 0 Å². The van der Waals surface area contributed by atoms with Gasteiger partial charge in [0.2, 0.25) is 0 Å². The van der Waals surface area contributed by atoms with E-state index >= 15 is 0 Å². The molecule has 3 nitrogen and oxygen atoms in total. The summed E-state index contributed by atoms with van der Waals surface area (Å²) in [5.74, 6) is 0.473. The third-order valence-electron chi connectivity index (χ3n) is 3.19. The Bertz CT molecular complexity index is 153. The average molecular weight is 215 g/mol. The number of unbranched alkanes of at least 4 members (excludes halogenated alkanes) is 1. The van der Waals surface area contributed by atoms with Crippen molar-refractivity contribution in [2.45, 2.75) is 45.1 Å². The van der Waals surface area contributed by atoms with Gasteiger partial charge in [-0.2, -0.15) is 0 Å². The van der Waals surface area contributed by atoms with Crippen LogP contribution < -0.4 is 5.32 Å². The predicted molar refractivity (Wildman–Crippen MR) is 61.9 cm³/mol. The third-order valence-corrected chi connectivity index (χ3v) is 3.19. The van der Waals surface area contributed by atoms with Crippen LogP contribution in [0.4, 0.5) is 0 Å². The summed E-state index contributed by atoms with van der Waals surface area (Å²) in [6.45, 7) is 5.10. The first-order chi connectivity index (χ1) is 7.38. The maximum atomic E-state index is 9.14. The van der Waals surface area contributed by atoms with Crippen molar-refractivity contribution in [1.82, 2.24) is 5.32 Å². The van der Waals surface area contributed by atoms with Crippen LogP contribution >= 0.6 is 0 Å². The molecule has 0 saturated heterocycles. The van der Waals surface area contributed by atoms with Crippen LogP contribution in [0.3, 0.4) is 0 Å². The number of hydrogen-bond acceptors (Lipinski definition) is 3. The van der Waals surface area contributed by atoms with E-state index in [4.69, 9.17) is 9.84 Å². The minimum Gasteiger partial charge on any atom is -0.396 e. The van der Waals surface area contributed by atoms with Crippen LogP contribution in [-0.2, 0) is 4.74 Å². The lowest BCUT2D eigenvalue weighted by molar-refractivity contribution is 0.126. The quantitative estimate of drug-likeness (QED) is 0.604. The second-order valence-corrected chi connectivity index (χ2v) is 4.40. The highest BCUT2D eigenvalue weighted by molar-refractivity contribution is 4.82. The molecule has 3 heteroatoms. The SMILES string of the molecule is CCCCOCCNC1CCCC1CO. The molecule has 2 unspecified atom stereocenters. The van der Waals surface area contributed by atoms with Gasteiger partial charge in [0.25, 0.3) is 0 Å². The van der Waals surface area contributed by atoms with Crippen molar-refractivity contribution in [2.75, 3.05) is 26.4 Å². The first kappa shape index (κ1) is 12.9. The van der Waals surface area contributed by atoms with E-state index in [1.807, 2.05) is 0 Å². The molecule has 0 aromatic carbocycles. The Kier molecular flexibility index (Phi) is 6.98. The molecule has 0 aromatic heterocycles. The molecular formula is C12H25NO2. The van der Waals surface area contributed by atoms with Crippen LogP contribution in [0, 0.1) is 5.92 Å². The fraction of sp³-hybridized carbons (Fsp3) is 1.00. The number of nitrogens with one attached hydrogen (secondary N) is 1. The molecule has 0 bridgehead atoms. The van der Waals surface area contributed by atoms with E-state index in [0.717, 1.165) is 26.2 Å². The van der Waals surface area contributed by atoms with Crippen LogP contribution in [0.15, 0.2) is 0 Å². The summed E-state index contributed by atoms with van der Waals surface area (Å²) in [7, 11) is 0. The largest absolute Gasteiger partial charge is 0.396 e. The van der Waals surface area contributed by atoms with Gasteiger partial charge in [0.15, 0.2) is 0 Å². The number of ether oxygens (including phenoxy) is 1. The number of aliphatic hydroxyl groups is 1. The molecule has 0 radical (unpaired) electrons. The second kappa shape index (κ2) is 8.08. The van der Waals surface area contributed by atoms with Gasteiger partial charge in [-0.3, -0.25) is 0 Å². The zero-order valence-corrected chi connectivity index (χ0v) is 9.87. The molecule has 90 valence electrons. The first-order valence-corrected chi connectivity index (χ1v) is 6.30. The maximum Gasteiger partial charge on any atom is 0.0591 e. The number of rotatable bonds is 8. The van der Waals surface area contributed by atoms with Crippen molar-refractivity contribution in [3.8, 4) is 0 Å². The summed E-state index contributed by atoms with van der Waals surface area (Å²) in [5, 5.41) is 12.6. The van der Waals surface area contributed by atoms with Crippen molar-refractivity contribution in [2.24, 2.45) is 5.92 Å². The van der Waals surface area contributed by atoms with Crippen LogP contribution in [-0.4, -0.2) is 37.5 Å². The molecule has 1 aliphatic carbocycles. The van der Waals surface area contributed by atoms with E-state index < -0.39 is 0 Å². The summed E-state index contributed by atoms with van der Waals surface area (Å²) < 4.78 is 5.48. The van der Waals surface area contributed by atoms with E-state index in [9.17, 15) is 0 Å². The summed E-state index contributed by atoms with van der Waals surface area (Å²) in [6, 6.07) is 0.518. The second-order valence-electron chi connectivity index (χ2n) is 4.40. The fourth-order valence-electron chi connectivity index (χ4n) is 2.19. The Morgan fingerprint density at radius 1 is 1.33 bits per heavy atom. The lowest BCUT2D eigenvalue weighted by Crippen LogP contribution is -2.36. The molecule has 1 rings (SSSR count). The molecule has 1 fully saturated rings. The summed E-state index contributed by atoms with van der Waals surface area (Å²) >= 11 is 0. The van der Waals surface area contributed by atoms with Crippen molar-refractivity contribution in [3.63, 3.8) is 0 Å². The highest BCUT2D eigenvalue weighted by Crippen LogP contribution is 2.24. The smallest absolute Gasteiger partial charge is 0.0591 e. The van der Waals surface area contributed by atoms with Crippen LogP contribution in [0.25, 0.3) is 0 Å². The van der Waals surface area contributed by atoms with Gasteiger partial charge in [-0.05, 0) is 25.2 Å². The van der Waals surface area contributed by atoms with Crippen LogP contribution in [0.5, 0.6) is 0 Å². The molecule has 1 saturated carbocycles. The van der Waals surface area contributed by atoms with Crippen molar-refractivity contribution < 1.29 is 9.84 Å². The lowest BCUT2D eigenvalue weighted by atomic mass is 10.1. The molecule has 0 aromatic rings. The topological polar surface area (TPSA) is 41.5 Å². The Morgan fingerprint density at radius 2 is 2.20 bits per heavy atom. The van der Waals surface area contributed by atoms with E-state index in [1.165, 1.54) is 25.7 Å². The van der Waals surface area contributed by atoms with Crippen LogP contribution in [0.2, 0.25) is 0 Å². The molecule has 0 heterocycles. The van der Waals surface area contributed by atoms with Gasteiger partial charge in [-0.25, -0.2) is 0 Å². The van der Waals surface area contributed by atoms with E-state index in [1.54, 1.807) is 0 Å². The normalized spacial score (nSPS) is 26.0. The standard InChI is InChI=1S/C12H25NO2/c1-2-3-8-15-9-7-13-12-6-4-5-11(12)10-14/h11-14H,2-10H2,1H3.